The first-order valence-electron chi connectivity index (χ1n) is 5.28. The molecule has 2 rings (SSSR count). The molecular formula is C13H16O2. The molecule has 0 saturated carbocycles. The van der Waals surface area contributed by atoms with Gasteiger partial charge >= 0.3 is 0 Å². The van der Waals surface area contributed by atoms with E-state index in [1.54, 1.807) is 0 Å². The van der Waals surface area contributed by atoms with Gasteiger partial charge in [-0.15, -0.1) is 0 Å². The van der Waals surface area contributed by atoms with Crippen molar-refractivity contribution in [1.29, 1.82) is 0 Å². The van der Waals surface area contributed by atoms with Crippen molar-refractivity contribution in [3.8, 4) is 11.5 Å². The van der Waals surface area contributed by atoms with Crippen molar-refractivity contribution < 1.29 is 9.47 Å². The minimum atomic E-state index is 0.494. The van der Waals surface area contributed by atoms with E-state index in [0.29, 0.717) is 12.5 Å². The Hall–Kier alpha value is -1.44. The Labute approximate surface area is 90.5 Å². The molecule has 80 valence electrons. The number of benzene rings is 1. The van der Waals surface area contributed by atoms with E-state index in [-0.39, 0.29) is 0 Å². The van der Waals surface area contributed by atoms with E-state index < -0.39 is 0 Å². The van der Waals surface area contributed by atoms with E-state index >= 15 is 0 Å². The van der Waals surface area contributed by atoms with Crippen LogP contribution in [-0.4, -0.2) is 6.61 Å². The molecule has 2 heteroatoms. The highest BCUT2D eigenvalue weighted by atomic mass is 16.6. The van der Waals surface area contributed by atoms with Crippen LogP contribution in [0.25, 0.3) is 0 Å². The first-order chi connectivity index (χ1) is 7.18. The molecule has 0 bridgehead atoms. The molecule has 15 heavy (non-hydrogen) atoms. The molecular weight excluding hydrogens is 188 g/mol. The molecule has 0 aliphatic carbocycles. The van der Waals surface area contributed by atoms with Gasteiger partial charge in [0.25, 0.3) is 0 Å². The Morgan fingerprint density at radius 1 is 1.20 bits per heavy atom. The maximum Gasteiger partial charge on any atom is 0.169 e. The minimum absolute atomic E-state index is 0.494. The first-order valence-corrected chi connectivity index (χ1v) is 5.28. The van der Waals surface area contributed by atoms with Gasteiger partial charge in [-0.3, -0.25) is 0 Å². The summed E-state index contributed by atoms with van der Waals surface area (Å²) in [6, 6.07) is 7.76. The van der Waals surface area contributed by atoms with Gasteiger partial charge in [0.2, 0.25) is 0 Å². The molecule has 0 atom stereocenters. The van der Waals surface area contributed by atoms with Crippen LogP contribution in [0.4, 0.5) is 0 Å². The molecule has 1 aromatic rings. The molecule has 0 saturated heterocycles. The highest BCUT2D eigenvalue weighted by molar-refractivity contribution is 5.43. The summed E-state index contributed by atoms with van der Waals surface area (Å²) in [5.41, 5.74) is 1.25. The van der Waals surface area contributed by atoms with Gasteiger partial charge in [0.1, 0.15) is 12.4 Å². The fraction of sp³-hybridized carbons (Fsp3) is 0.385. The average Bonchev–Trinajstić information content (AvgIpc) is 2.27. The monoisotopic (exact) mass is 204 g/mol. The van der Waals surface area contributed by atoms with Crippen LogP contribution in [-0.2, 0) is 0 Å². The van der Waals surface area contributed by atoms with E-state index in [4.69, 9.17) is 9.47 Å². The normalized spacial score (nSPS) is 17.9. The third-order valence-corrected chi connectivity index (χ3v) is 2.75. The Morgan fingerprint density at radius 3 is 2.53 bits per heavy atom. The van der Waals surface area contributed by atoms with Crippen LogP contribution in [0.15, 0.2) is 35.6 Å². The van der Waals surface area contributed by atoms with Crippen LogP contribution >= 0.6 is 0 Å². The number of rotatable bonds is 1. The predicted octanol–water partition coefficient (Wildman–Crippen LogP) is 3.39. The molecule has 0 fully saturated rings. The summed E-state index contributed by atoms with van der Waals surface area (Å²) in [6.07, 6.45) is 0. The second kappa shape index (κ2) is 3.97. The molecule has 1 aromatic carbocycles. The zero-order valence-electron chi connectivity index (χ0n) is 9.41. The van der Waals surface area contributed by atoms with Gasteiger partial charge < -0.3 is 9.47 Å². The summed E-state index contributed by atoms with van der Waals surface area (Å²) in [6.45, 7) is 6.96. The molecule has 0 aromatic heterocycles. The molecule has 0 N–H and O–H groups in total. The number of para-hydroxylation sites is 2. The number of ether oxygens (including phenoxy) is 2. The lowest BCUT2D eigenvalue weighted by atomic mass is 10.0. The van der Waals surface area contributed by atoms with E-state index in [1.807, 2.05) is 24.3 Å². The Balaban J connectivity index is 2.30. The molecule has 0 unspecified atom stereocenters. The van der Waals surface area contributed by atoms with Crippen molar-refractivity contribution >= 4 is 0 Å². The summed E-state index contributed by atoms with van der Waals surface area (Å²) in [5.74, 6) is 3.09. The SMILES string of the molecule is C/C(=C1/COc2ccccc2O1)C(C)C. The van der Waals surface area contributed by atoms with Crippen molar-refractivity contribution in [2.45, 2.75) is 20.8 Å². The second-order valence-electron chi connectivity index (χ2n) is 4.10. The van der Waals surface area contributed by atoms with Crippen LogP contribution in [0.2, 0.25) is 0 Å². The van der Waals surface area contributed by atoms with Crippen LogP contribution in [0, 0.1) is 5.92 Å². The zero-order chi connectivity index (χ0) is 10.8. The van der Waals surface area contributed by atoms with Crippen molar-refractivity contribution in [3.63, 3.8) is 0 Å². The van der Waals surface area contributed by atoms with Crippen molar-refractivity contribution in [2.75, 3.05) is 6.61 Å². The van der Waals surface area contributed by atoms with Gasteiger partial charge in [0, 0.05) is 0 Å². The van der Waals surface area contributed by atoms with Gasteiger partial charge in [0.05, 0.1) is 0 Å². The lowest BCUT2D eigenvalue weighted by Crippen LogP contribution is -2.16. The molecule has 0 amide bonds. The topological polar surface area (TPSA) is 18.5 Å². The lowest BCUT2D eigenvalue weighted by molar-refractivity contribution is 0.226. The summed E-state index contributed by atoms with van der Waals surface area (Å²) in [7, 11) is 0. The van der Waals surface area contributed by atoms with E-state index in [2.05, 4.69) is 20.8 Å². The first kappa shape index (κ1) is 10.1. The minimum Gasteiger partial charge on any atom is -0.482 e. The van der Waals surface area contributed by atoms with Crippen molar-refractivity contribution in [3.05, 3.63) is 35.6 Å². The maximum absolute atomic E-state index is 5.81. The number of fused-ring (bicyclic) bond motifs is 1. The standard InChI is InChI=1S/C13H16O2/c1-9(2)10(3)13-8-14-11-6-4-5-7-12(11)15-13/h4-7,9H,8H2,1-3H3/b13-10+. The van der Waals surface area contributed by atoms with E-state index in [0.717, 1.165) is 17.3 Å². The van der Waals surface area contributed by atoms with Crippen molar-refractivity contribution in [2.24, 2.45) is 5.92 Å². The van der Waals surface area contributed by atoms with Gasteiger partial charge in [-0.2, -0.15) is 0 Å². The van der Waals surface area contributed by atoms with Gasteiger partial charge in [-0.1, -0.05) is 26.0 Å². The summed E-state index contributed by atoms with van der Waals surface area (Å²) in [5, 5.41) is 0. The smallest absolute Gasteiger partial charge is 0.169 e. The van der Waals surface area contributed by atoms with Crippen LogP contribution in [0.3, 0.4) is 0 Å². The average molecular weight is 204 g/mol. The highest BCUT2D eigenvalue weighted by Crippen LogP contribution is 2.33. The zero-order valence-corrected chi connectivity index (χ0v) is 9.41. The molecule has 0 spiro atoms. The molecule has 0 radical (unpaired) electrons. The Kier molecular flexibility index (Phi) is 2.67. The molecule has 1 aliphatic rings. The fourth-order valence-corrected chi connectivity index (χ4v) is 1.48. The fourth-order valence-electron chi connectivity index (χ4n) is 1.48. The largest absolute Gasteiger partial charge is 0.482 e. The molecule has 1 heterocycles. The summed E-state index contributed by atoms with van der Waals surface area (Å²) >= 11 is 0. The van der Waals surface area contributed by atoms with Crippen molar-refractivity contribution in [1.82, 2.24) is 0 Å². The van der Waals surface area contributed by atoms with Crippen LogP contribution < -0.4 is 9.47 Å². The van der Waals surface area contributed by atoms with Gasteiger partial charge in [-0.05, 0) is 30.5 Å². The number of hydrogen-bond acceptors (Lipinski definition) is 2. The van der Waals surface area contributed by atoms with E-state index in [9.17, 15) is 0 Å². The third kappa shape index (κ3) is 1.99. The Bertz CT molecular complexity index is 391. The van der Waals surface area contributed by atoms with Crippen LogP contribution in [0.5, 0.6) is 11.5 Å². The van der Waals surface area contributed by atoms with E-state index in [1.165, 1.54) is 5.57 Å². The predicted molar refractivity (Wildman–Crippen MR) is 60.1 cm³/mol. The lowest BCUT2D eigenvalue weighted by Gasteiger charge is -2.23. The maximum atomic E-state index is 5.81. The molecule has 1 aliphatic heterocycles. The van der Waals surface area contributed by atoms with Gasteiger partial charge in [-0.25, -0.2) is 0 Å². The summed E-state index contributed by atoms with van der Waals surface area (Å²) in [4.78, 5) is 0. The van der Waals surface area contributed by atoms with Gasteiger partial charge in [0.15, 0.2) is 11.5 Å². The Morgan fingerprint density at radius 2 is 1.87 bits per heavy atom. The number of allylic oxidation sites excluding steroid dienone is 1. The quantitative estimate of drug-likeness (QED) is 0.698. The highest BCUT2D eigenvalue weighted by Gasteiger charge is 2.17. The molecule has 2 nitrogen and oxygen atoms in total. The second-order valence-corrected chi connectivity index (χ2v) is 4.10. The van der Waals surface area contributed by atoms with Crippen LogP contribution in [0.1, 0.15) is 20.8 Å². The third-order valence-electron chi connectivity index (χ3n) is 2.75. The number of hydrogen-bond donors (Lipinski definition) is 0. The summed E-state index contributed by atoms with van der Waals surface area (Å²) < 4.78 is 11.4.